The quantitative estimate of drug-likeness (QED) is 0.733. The minimum absolute atomic E-state index is 0.290. The van der Waals surface area contributed by atoms with Crippen molar-refractivity contribution in [3.8, 4) is 0 Å². The first-order chi connectivity index (χ1) is 13.9. The number of imide groups is 1. The molecule has 1 saturated heterocycles. The highest BCUT2D eigenvalue weighted by Gasteiger charge is 2.51. The van der Waals surface area contributed by atoms with Crippen LogP contribution in [-0.4, -0.2) is 39.8 Å². The van der Waals surface area contributed by atoms with E-state index in [0.29, 0.717) is 24.4 Å². The number of rotatable bonds is 5. The van der Waals surface area contributed by atoms with Crippen LogP contribution in [-0.2, 0) is 16.0 Å². The van der Waals surface area contributed by atoms with Crippen molar-refractivity contribution in [3.63, 3.8) is 0 Å². The van der Waals surface area contributed by atoms with Gasteiger partial charge in [-0.15, -0.1) is 11.3 Å². The monoisotopic (exact) mass is 416 g/mol. The summed E-state index contributed by atoms with van der Waals surface area (Å²) in [6.45, 7) is -0.334. The molecule has 1 aromatic carbocycles. The summed E-state index contributed by atoms with van der Waals surface area (Å²) in [5, 5.41) is 5.84. The SMILES string of the molecule is O=C(CN1C(=O)NC2(CCCCC2)C1=O)Nc1ncc(Cc2ccc(F)cc2)s1. The number of benzene rings is 1. The lowest BCUT2D eigenvalue weighted by Crippen LogP contribution is -2.48. The highest BCUT2D eigenvalue weighted by molar-refractivity contribution is 7.15. The number of thiazole rings is 1. The molecule has 1 spiro atoms. The van der Waals surface area contributed by atoms with Gasteiger partial charge in [0.15, 0.2) is 5.13 Å². The van der Waals surface area contributed by atoms with E-state index in [2.05, 4.69) is 15.6 Å². The average molecular weight is 416 g/mol. The number of carbonyl (C=O) groups excluding carboxylic acids is 3. The molecule has 2 aromatic rings. The van der Waals surface area contributed by atoms with Crippen molar-refractivity contribution in [2.24, 2.45) is 0 Å². The third kappa shape index (κ3) is 4.14. The molecule has 0 atom stereocenters. The van der Waals surface area contributed by atoms with Gasteiger partial charge in [-0.1, -0.05) is 31.4 Å². The third-order valence-electron chi connectivity index (χ3n) is 5.35. The minimum atomic E-state index is -0.834. The zero-order valence-electron chi connectivity index (χ0n) is 15.7. The van der Waals surface area contributed by atoms with E-state index < -0.39 is 17.5 Å². The molecule has 1 aliphatic carbocycles. The van der Waals surface area contributed by atoms with Crippen LogP contribution < -0.4 is 10.6 Å². The molecule has 7 nitrogen and oxygen atoms in total. The van der Waals surface area contributed by atoms with E-state index in [9.17, 15) is 18.8 Å². The molecule has 152 valence electrons. The Bertz CT molecular complexity index is 937. The summed E-state index contributed by atoms with van der Waals surface area (Å²) < 4.78 is 13.0. The van der Waals surface area contributed by atoms with Crippen molar-refractivity contribution in [1.29, 1.82) is 0 Å². The molecule has 1 aliphatic heterocycles. The number of amides is 4. The zero-order chi connectivity index (χ0) is 20.4. The molecule has 0 radical (unpaired) electrons. The van der Waals surface area contributed by atoms with Crippen LogP contribution in [0.3, 0.4) is 0 Å². The number of aromatic nitrogens is 1. The van der Waals surface area contributed by atoms with Crippen LogP contribution in [0.5, 0.6) is 0 Å². The number of urea groups is 1. The predicted molar refractivity (Wildman–Crippen MR) is 106 cm³/mol. The highest BCUT2D eigenvalue weighted by Crippen LogP contribution is 2.33. The predicted octanol–water partition coefficient (Wildman–Crippen LogP) is 3.07. The zero-order valence-corrected chi connectivity index (χ0v) is 16.6. The van der Waals surface area contributed by atoms with E-state index in [0.717, 1.165) is 34.6 Å². The van der Waals surface area contributed by atoms with Gasteiger partial charge < -0.3 is 10.6 Å². The van der Waals surface area contributed by atoms with Gasteiger partial charge in [0.25, 0.3) is 5.91 Å². The van der Waals surface area contributed by atoms with Crippen LogP contribution >= 0.6 is 11.3 Å². The molecule has 2 heterocycles. The molecule has 0 unspecified atom stereocenters. The van der Waals surface area contributed by atoms with Crippen LogP contribution in [0.25, 0.3) is 0 Å². The third-order valence-corrected chi connectivity index (χ3v) is 6.26. The highest BCUT2D eigenvalue weighted by atomic mass is 32.1. The van der Waals surface area contributed by atoms with Gasteiger partial charge in [-0.3, -0.25) is 14.5 Å². The number of anilines is 1. The first-order valence-corrected chi connectivity index (χ1v) is 10.4. The molecule has 9 heteroatoms. The van der Waals surface area contributed by atoms with Crippen LogP contribution in [0.15, 0.2) is 30.5 Å². The summed E-state index contributed by atoms with van der Waals surface area (Å²) in [6.07, 6.45) is 6.29. The van der Waals surface area contributed by atoms with Crippen molar-refractivity contribution in [2.75, 3.05) is 11.9 Å². The van der Waals surface area contributed by atoms with Gasteiger partial charge in [0.1, 0.15) is 17.9 Å². The van der Waals surface area contributed by atoms with E-state index in [1.165, 1.54) is 23.5 Å². The molecular formula is C20H21FN4O3S. The summed E-state index contributed by atoms with van der Waals surface area (Å²) in [6, 6.07) is 5.69. The van der Waals surface area contributed by atoms with Crippen molar-refractivity contribution < 1.29 is 18.8 Å². The Kier molecular flexibility index (Phi) is 5.31. The summed E-state index contributed by atoms with van der Waals surface area (Å²) in [7, 11) is 0. The maximum Gasteiger partial charge on any atom is 0.325 e. The Labute approximate surface area is 171 Å². The number of nitrogens with one attached hydrogen (secondary N) is 2. The Hall–Kier alpha value is -2.81. The van der Waals surface area contributed by atoms with Gasteiger partial charge in [-0.2, -0.15) is 0 Å². The molecule has 2 fully saturated rings. The molecule has 29 heavy (non-hydrogen) atoms. The van der Waals surface area contributed by atoms with Crippen molar-refractivity contribution >= 4 is 34.3 Å². The molecule has 2 aliphatic rings. The van der Waals surface area contributed by atoms with E-state index >= 15 is 0 Å². The second-order valence-corrected chi connectivity index (χ2v) is 8.56. The molecule has 4 rings (SSSR count). The number of halogens is 1. The van der Waals surface area contributed by atoms with Gasteiger partial charge in [-0.05, 0) is 30.5 Å². The fourth-order valence-electron chi connectivity index (χ4n) is 3.87. The molecular weight excluding hydrogens is 395 g/mol. The second-order valence-electron chi connectivity index (χ2n) is 7.45. The molecule has 1 aromatic heterocycles. The summed E-state index contributed by atoms with van der Waals surface area (Å²) in [5.74, 6) is -1.07. The van der Waals surface area contributed by atoms with E-state index in [1.807, 2.05) is 0 Å². The Morgan fingerprint density at radius 2 is 1.93 bits per heavy atom. The number of carbonyl (C=O) groups is 3. The summed E-state index contributed by atoms with van der Waals surface area (Å²) in [5.41, 5.74) is 0.101. The lowest BCUT2D eigenvalue weighted by atomic mass is 9.82. The Morgan fingerprint density at radius 1 is 1.21 bits per heavy atom. The van der Waals surface area contributed by atoms with Gasteiger partial charge in [0.05, 0.1) is 0 Å². The average Bonchev–Trinajstić information content (AvgIpc) is 3.22. The van der Waals surface area contributed by atoms with Crippen molar-refractivity contribution in [1.82, 2.24) is 15.2 Å². The maximum atomic E-state index is 13.0. The fraction of sp³-hybridized carbons (Fsp3) is 0.400. The molecule has 0 bridgehead atoms. The summed E-state index contributed by atoms with van der Waals surface area (Å²) >= 11 is 1.30. The normalized spacial score (nSPS) is 18.2. The fourth-order valence-corrected chi connectivity index (χ4v) is 4.73. The van der Waals surface area contributed by atoms with Crippen molar-refractivity contribution in [3.05, 3.63) is 46.7 Å². The van der Waals surface area contributed by atoms with E-state index in [1.54, 1.807) is 18.3 Å². The van der Waals surface area contributed by atoms with Crippen LogP contribution in [0, 0.1) is 5.82 Å². The van der Waals surface area contributed by atoms with Crippen LogP contribution in [0.4, 0.5) is 14.3 Å². The maximum absolute atomic E-state index is 13.0. The second kappa shape index (κ2) is 7.90. The van der Waals surface area contributed by atoms with Gasteiger partial charge >= 0.3 is 6.03 Å². The lowest BCUT2D eigenvalue weighted by Gasteiger charge is -2.30. The molecule has 2 N–H and O–H groups in total. The minimum Gasteiger partial charge on any atom is -0.323 e. The standard InChI is InChI=1S/C20H21FN4O3S/c21-14-6-4-13(5-7-14)10-15-11-22-18(29-15)23-16(26)12-25-17(27)20(24-19(25)28)8-2-1-3-9-20/h4-7,11H,1-3,8-10,12H2,(H,24,28)(H,22,23,26). The topological polar surface area (TPSA) is 91.4 Å². The lowest BCUT2D eigenvalue weighted by molar-refractivity contribution is -0.134. The van der Waals surface area contributed by atoms with E-state index in [4.69, 9.17) is 0 Å². The first kappa shape index (κ1) is 19.5. The van der Waals surface area contributed by atoms with Gasteiger partial charge in [-0.25, -0.2) is 14.2 Å². The molecule has 1 saturated carbocycles. The van der Waals surface area contributed by atoms with Crippen molar-refractivity contribution in [2.45, 2.75) is 44.1 Å². The first-order valence-electron chi connectivity index (χ1n) is 9.58. The number of nitrogens with zero attached hydrogens (tertiary/aromatic N) is 2. The smallest absolute Gasteiger partial charge is 0.323 e. The van der Waals surface area contributed by atoms with Gasteiger partial charge in [0, 0.05) is 17.5 Å². The number of hydrogen-bond donors (Lipinski definition) is 2. The van der Waals surface area contributed by atoms with E-state index in [-0.39, 0.29) is 18.3 Å². The molecule has 4 amide bonds. The van der Waals surface area contributed by atoms with Crippen LogP contribution in [0.1, 0.15) is 42.5 Å². The number of hydrogen-bond acceptors (Lipinski definition) is 5. The van der Waals surface area contributed by atoms with Crippen LogP contribution in [0.2, 0.25) is 0 Å². The Balaban J connectivity index is 1.35. The largest absolute Gasteiger partial charge is 0.325 e. The Morgan fingerprint density at radius 3 is 2.66 bits per heavy atom. The van der Waals surface area contributed by atoms with Gasteiger partial charge in [0.2, 0.25) is 5.91 Å². The summed E-state index contributed by atoms with van der Waals surface area (Å²) in [4.78, 5) is 43.4.